The first-order valence-corrected chi connectivity index (χ1v) is 5.82. The maximum absolute atomic E-state index is 5.24. The van der Waals surface area contributed by atoms with Crippen LogP contribution < -0.4 is 10.6 Å². The highest BCUT2D eigenvalue weighted by atomic mass is 16.5. The number of hydrogen-bond donors (Lipinski definition) is 2. The third-order valence-corrected chi connectivity index (χ3v) is 2.60. The molecule has 0 aromatic heterocycles. The van der Waals surface area contributed by atoms with E-state index < -0.39 is 0 Å². The number of methoxy groups -OCH3 is 2. The zero-order valence-corrected chi connectivity index (χ0v) is 9.92. The van der Waals surface area contributed by atoms with Crippen LogP contribution in [0, 0.1) is 0 Å². The lowest BCUT2D eigenvalue weighted by Gasteiger charge is -2.14. The molecule has 0 bridgehead atoms. The highest BCUT2D eigenvalue weighted by Crippen LogP contribution is 2.18. The molecule has 0 radical (unpaired) electrons. The molecule has 1 saturated carbocycles. The molecule has 0 aromatic carbocycles. The van der Waals surface area contributed by atoms with Crippen LogP contribution in [-0.2, 0) is 9.47 Å². The number of ether oxygens (including phenoxy) is 2. The molecule has 1 aliphatic carbocycles. The van der Waals surface area contributed by atoms with Crippen LogP contribution in [0.15, 0.2) is 0 Å². The van der Waals surface area contributed by atoms with Gasteiger partial charge in [-0.15, -0.1) is 0 Å². The summed E-state index contributed by atoms with van der Waals surface area (Å²) in [4.78, 5) is 0. The van der Waals surface area contributed by atoms with Crippen molar-refractivity contribution >= 4 is 0 Å². The average molecular weight is 216 g/mol. The Bertz CT molecular complexity index is 152. The Kier molecular flexibility index (Phi) is 6.92. The monoisotopic (exact) mass is 216 g/mol. The quantitative estimate of drug-likeness (QED) is 0.518. The first-order chi connectivity index (χ1) is 7.36. The maximum Gasteiger partial charge on any atom is 0.0928 e. The second kappa shape index (κ2) is 8.05. The molecule has 90 valence electrons. The smallest absolute Gasteiger partial charge is 0.0928 e. The third kappa shape index (κ3) is 6.84. The predicted octanol–water partition coefficient (Wildman–Crippen LogP) is 0.380. The summed E-state index contributed by atoms with van der Waals surface area (Å²) >= 11 is 0. The van der Waals surface area contributed by atoms with Crippen molar-refractivity contribution in [3.05, 3.63) is 0 Å². The van der Waals surface area contributed by atoms with Gasteiger partial charge < -0.3 is 20.1 Å². The zero-order valence-electron chi connectivity index (χ0n) is 9.92. The number of hydrogen-bond acceptors (Lipinski definition) is 4. The molecule has 1 rings (SSSR count). The van der Waals surface area contributed by atoms with Gasteiger partial charge in [0.05, 0.1) is 12.7 Å². The Labute approximate surface area is 92.7 Å². The van der Waals surface area contributed by atoms with Gasteiger partial charge >= 0.3 is 0 Å². The van der Waals surface area contributed by atoms with Gasteiger partial charge in [0.25, 0.3) is 0 Å². The lowest BCUT2D eigenvalue weighted by molar-refractivity contribution is 0.0290. The minimum Gasteiger partial charge on any atom is -0.382 e. The van der Waals surface area contributed by atoms with Crippen molar-refractivity contribution in [3.8, 4) is 0 Å². The van der Waals surface area contributed by atoms with E-state index in [4.69, 9.17) is 9.47 Å². The molecule has 0 spiro atoms. The zero-order chi connectivity index (χ0) is 10.9. The van der Waals surface area contributed by atoms with Crippen LogP contribution in [0.2, 0.25) is 0 Å². The first kappa shape index (κ1) is 12.9. The van der Waals surface area contributed by atoms with Crippen LogP contribution in [0.25, 0.3) is 0 Å². The van der Waals surface area contributed by atoms with E-state index in [0.717, 1.165) is 25.7 Å². The summed E-state index contributed by atoms with van der Waals surface area (Å²) in [6.45, 7) is 3.69. The molecule has 4 nitrogen and oxygen atoms in total. The SMILES string of the molecule is COCC(CNCCCNC1CC1)OC. The lowest BCUT2D eigenvalue weighted by Crippen LogP contribution is -2.33. The fraction of sp³-hybridized carbons (Fsp3) is 1.00. The van der Waals surface area contributed by atoms with Crippen molar-refractivity contribution in [2.45, 2.75) is 31.4 Å². The second-order valence-electron chi connectivity index (χ2n) is 4.10. The molecule has 0 aliphatic heterocycles. The minimum absolute atomic E-state index is 0.173. The molecule has 15 heavy (non-hydrogen) atoms. The molecule has 1 fully saturated rings. The van der Waals surface area contributed by atoms with Crippen LogP contribution in [0.3, 0.4) is 0 Å². The Morgan fingerprint density at radius 3 is 2.67 bits per heavy atom. The Balaban J connectivity index is 1.81. The van der Waals surface area contributed by atoms with E-state index in [1.807, 2.05) is 0 Å². The number of rotatable bonds is 10. The fourth-order valence-electron chi connectivity index (χ4n) is 1.47. The van der Waals surface area contributed by atoms with Crippen molar-refractivity contribution in [1.29, 1.82) is 0 Å². The summed E-state index contributed by atoms with van der Waals surface area (Å²) in [5, 5.41) is 6.86. The van der Waals surface area contributed by atoms with Crippen molar-refractivity contribution in [1.82, 2.24) is 10.6 Å². The molecule has 2 N–H and O–H groups in total. The topological polar surface area (TPSA) is 42.5 Å². The van der Waals surface area contributed by atoms with Crippen molar-refractivity contribution in [3.63, 3.8) is 0 Å². The molecule has 0 aromatic rings. The maximum atomic E-state index is 5.24. The summed E-state index contributed by atoms with van der Waals surface area (Å²) in [7, 11) is 3.42. The lowest BCUT2D eigenvalue weighted by atomic mass is 10.3. The highest BCUT2D eigenvalue weighted by molar-refractivity contribution is 4.80. The van der Waals surface area contributed by atoms with E-state index >= 15 is 0 Å². The van der Waals surface area contributed by atoms with E-state index in [-0.39, 0.29) is 6.10 Å². The Hall–Kier alpha value is -0.160. The van der Waals surface area contributed by atoms with E-state index in [2.05, 4.69) is 10.6 Å². The average Bonchev–Trinajstić information content (AvgIpc) is 3.05. The van der Waals surface area contributed by atoms with Crippen molar-refractivity contribution in [2.75, 3.05) is 40.5 Å². The van der Waals surface area contributed by atoms with Crippen LogP contribution in [0.5, 0.6) is 0 Å². The standard InChI is InChI=1S/C11H24N2O2/c1-14-9-11(15-2)8-12-6-3-7-13-10-4-5-10/h10-13H,3-9H2,1-2H3. The summed E-state index contributed by atoms with van der Waals surface area (Å²) in [5.74, 6) is 0. The van der Waals surface area contributed by atoms with E-state index in [0.29, 0.717) is 6.61 Å². The fourth-order valence-corrected chi connectivity index (χ4v) is 1.47. The normalized spacial score (nSPS) is 18.0. The Morgan fingerprint density at radius 2 is 2.07 bits per heavy atom. The van der Waals surface area contributed by atoms with E-state index in [1.165, 1.54) is 19.3 Å². The molecule has 1 aliphatic rings. The van der Waals surface area contributed by atoms with Gasteiger partial charge in [-0.1, -0.05) is 0 Å². The summed E-state index contributed by atoms with van der Waals surface area (Å²) in [6, 6.07) is 0.824. The van der Waals surface area contributed by atoms with Crippen LogP contribution >= 0.6 is 0 Å². The van der Waals surface area contributed by atoms with Crippen LogP contribution in [0.4, 0.5) is 0 Å². The summed E-state index contributed by atoms with van der Waals surface area (Å²) in [6.07, 6.45) is 4.09. The molecule has 0 heterocycles. The summed E-state index contributed by atoms with van der Waals surface area (Å²) < 4.78 is 10.3. The molecule has 0 saturated heterocycles. The molecular weight excluding hydrogens is 192 g/mol. The van der Waals surface area contributed by atoms with Gasteiger partial charge in [-0.25, -0.2) is 0 Å². The van der Waals surface area contributed by atoms with Gasteiger partial charge in [0.15, 0.2) is 0 Å². The summed E-state index contributed by atoms with van der Waals surface area (Å²) in [5.41, 5.74) is 0. The van der Waals surface area contributed by atoms with Crippen LogP contribution in [-0.4, -0.2) is 52.6 Å². The second-order valence-corrected chi connectivity index (χ2v) is 4.10. The van der Waals surface area contributed by atoms with Crippen molar-refractivity contribution < 1.29 is 9.47 Å². The number of nitrogens with one attached hydrogen (secondary N) is 2. The van der Waals surface area contributed by atoms with E-state index in [9.17, 15) is 0 Å². The largest absolute Gasteiger partial charge is 0.382 e. The Morgan fingerprint density at radius 1 is 1.27 bits per heavy atom. The van der Waals surface area contributed by atoms with Gasteiger partial charge in [-0.2, -0.15) is 0 Å². The van der Waals surface area contributed by atoms with E-state index in [1.54, 1.807) is 14.2 Å². The molecular formula is C11H24N2O2. The molecule has 1 atom stereocenters. The highest BCUT2D eigenvalue weighted by Gasteiger charge is 2.19. The molecule has 0 amide bonds. The predicted molar refractivity (Wildman–Crippen MR) is 61.2 cm³/mol. The van der Waals surface area contributed by atoms with Gasteiger partial charge in [0, 0.05) is 26.8 Å². The van der Waals surface area contributed by atoms with Gasteiger partial charge in [-0.05, 0) is 32.4 Å². The van der Waals surface area contributed by atoms with Gasteiger partial charge in [-0.3, -0.25) is 0 Å². The first-order valence-electron chi connectivity index (χ1n) is 5.82. The van der Waals surface area contributed by atoms with Crippen LogP contribution in [0.1, 0.15) is 19.3 Å². The molecule has 1 unspecified atom stereocenters. The minimum atomic E-state index is 0.173. The van der Waals surface area contributed by atoms with Crippen molar-refractivity contribution in [2.24, 2.45) is 0 Å². The van der Waals surface area contributed by atoms with Gasteiger partial charge in [0.1, 0.15) is 0 Å². The molecule has 4 heteroatoms. The third-order valence-electron chi connectivity index (χ3n) is 2.60. The van der Waals surface area contributed by atoms with Gasteiger partial charge in [0.2, 0.25) is 0 Å².